The van der Waals surface area contributed by atoms with Crippen LogP contribution in [-0.4, -0.2) is 47.9 Å². The molecule has 1 N–H and O–H groups in total. The minimum absolute atomic E-state index is 0.140. The third-order valence-corrected chi connectivity index (χ3v) is 7.52. The summed E-state index contributed by atoms with van der Waals surface area (Å²) in [5.74, 6) is 0.606. The van der Waals surface area contributed by atoms with Gasteiger partial charge in [0.15, 0.2) is 0 Å². The third-order valence-electron chi connectivity index (χ3n) is 5.47. The molecule has 1 fully saturated rings. The Labute approximate surface area is 168 Å². The normalized spacial score (nSPS) is 21.9. The molecular weight excluding hydrogens is 398 g/mol. The Morgan fingerprint density at radius 3 is 2.86 bits per heavy atom. The summed E-state index contributed by atoms with van der Waals surface area (Å²) in [5.41, 5.74) is 0.742. The zero-order chi connectivity index (χ0) is 19.8. The van der Waals surface area contributed by atoms with Gasteiger partial charge in [-0.1, -0.05) is 6.07 Å². The van der Waals surface area contributed by atoms with Crippen molar-refractivity contribution in [2.75, 3.05) is 24.4 Å². The molecule has 0 radical (unpaired) electrons. The second kappa shape index (κ2) is 7.31. The van der Waals surface area contributed by atoms with Crippen molar-refractivity contribution in [1.82, 2.24) is 14.3 Å². The number of nitrogens with zero attached hydrogens (tertiary/aromatic N) is 4. The lowest BCUT2D eigenvalue weighted by molar-refractivity contribution is 0.102. The zero-order valence-corrected chi connectivity index (χ0v) is 17.1. The lowest BCUT2D eigenvalue weighted by atomic mass is 9.88. The largest absolute Gasteiger partial charge is 0.493 e. The Kier molecular flexibility index (Phi) is 4.99. The minimum atomic E-state index is -3.75. The van der Waals surface area contributed by atoms with E-state index in [1.807, 2.05) is 13.0 Å². The number of benzene rings is 1. The van der Waals surface area contributed by atoms with E-state index in [2.05, 4.69) is 23.8 Å². The van der Waals surface area contributed by atoms with Gasteiger partial charge >= 0.3 is 0 Å². The summed E-state index contributed by atoms with van der Waals surface area (Å²) in [7, 11) is -3.75. The van der Waals surface area contributed by atoms with Gasteiger partial charge in [-0.3, -0.25) is 9.62 Å². The van der Waals surface area contributed by atoms with Crippen molar-refractivity contribution >= 4 is 26.7 Å². The molecule has 148 valence electrons. The van der Waals surface area contributed by atoms with Gasteiger partial charge in [0.2, 0.25) is 10.7 Å². The zero-order valence-electron chi connectivity index (χ0n) is 15.5. The summed E-state index contributed by atoms with van der Waals surface area (Å²) in [6, 6.07) is 5.22. The fourth-order valence-corrected chi connectivity index (χ4v) is 5.39. The number of nitrogens with one attached hydrogen (secondary N) is 1. The molecule has 8 nitrogen and oxygen atoms in total. The fraction of sp³-hybridized carbons (Fsp3) is 0.500. The van der Waals surface area contributed by atoms with Crippen LogP contribution < -0.4 is 9.46 Å². The molecular formula is C18H21N5O3S2. The number of rotatable bonds is 4. The Morgan fingerprint density at radius 1 is 1.39 bits per heavy atom. The fourth-order valence-electron chi connectivity index (χ4n) is 3.72. The van der Waals surface area contributed by atoms with Gasteiger partial charge in [0, 0.05) is 68.5 Å². The SMILES string of the molecule is [C-]#[N+]C1(C)CCN([C@H]2CCOc3cc(S(=O)(=O)Nc4ncns4)ccc32)CC1. The summed E-state index contributed by atoms with van der Waals surface area (Å²) < 4.78 is 37.2. The van der Waals surface area contributed by atoms with Crippen LogP contribution in [0, 0.1) is 6.57 Å². The van der Waals surface area contributed by atoms with Gasteiger partial charge in [0.25, 0.3) is 10.0 Å². The van der Waals surface area contributed by atoms with Crippen molar-refractivity contribution in [3.8, 4) is 5.75 Å². The van der Waals surface area contributed by atoms with E-state index in [-0.39, 0.29) is 21.6 Å². The molecule has 1 atom stereocenters. The van der Waals surface area contributed by atoms with Gasteiger partial charge in [0.1, 0.15) is 12.1 Å². The van der Waals surface area contributed by atoms with E-state index in [0.29, 0.717) is 12.4 Å². The number of hydrogen-bond acceptors (Lipinski definition) is 7. The van der Waals surface area contributed by atoms with E-state index in [4.69, 9.17) is 11.3 Å². The molecule has 0 saturated carbocycles. The van der Waals surface area contributed by atoms with E-state index in [0.717, 1.165) is 49.4 Å². The highest BCUT2D eigenvalue weighted by Crippen LogP contribution is 2.40. The van der Waals surface area contributed by atoms with Crippen LogP contribution in [0.1, 0.15) is 37.8 Å². The van der Waals surface area contributed by atoms with E-state index in [1.54, 1.807) is 12.1 Å². The first kappa shape index (κ1) is 19.1. The number of piperidine rings is 1. The number of aromatic nitrogens is 2. The van der Waals surface area contributed by atoms with Crippen molar-refractivity contribution < 1.29 is 13.2 Å². The van der Waals surface area contributed by atoms with Crippen LogP contribution >= 0.6 is 11.5 Å². The molecule has 1 aromatic carbocycles. The summed E-state index contributed by atoms with van der Waals surface area (Å²) in [6.45, 7) is 11.7. The lowest BCUT2D eigenvalue weighted by Gasteiger charge is -2.40. The number of anilines is 1. The summed E-state index contributed by atoms with van der Waals surface area (Å²) in [5, 5.41) is 0.229. The molecule has 1 saturated heterocycles. The van der Waals surface area contributed by atoms with Crippen LogP contribution in [0.4, 0.5) is 5.13 Å². The highest BCUT2D eigenvalue weighted by atomic mass is 32.2. The maximum absolute atomic E-state index is 12.6. The minimum Gasteiger partial charge on any atom is -0.493 e. The molecule has 1 aromatic heterocycles. The van der Waals surface area contributed by atoms with Gasteiger partial charge in [0.05, 0.1) is 11.5 Å². The van der Waals surface area contributed by atoms with Crippen molar-refractivity contribution in [2.45, 2.75) is 42.7 Å². The van der Waals surface area contributed by atoms with Crippen molar-refractivity contribution in [3.63, 3.8) is 0 Å². The van der Waals surface area contributed by atoms with E-state index < -0.39 is 10.0 Å². The molecule has 0 aliphatic carbocycles. The summed E-state index contributed by atoms with van der Waals surface area (Å²) in [6.07, 6.45) is 3.86. The summed E-state index contributed by atoms with van der Waals surface area (Å²) in [4.78, 5) is 10.2. The first-order valence-corrected chi connectivity index (χ1v) is 11.3. The molecule has 0 bridgehead atoms. The van der Waals surface area contributed by atoms with Gasteiger partial charge in [-0.15, -0.1) is 0 Å². The first-order valence-electron chi connectivity index (χ1n) is 9.09. The molecule has 2 aromatic rings. The van der Waals surface area contributed by atoms with Crippen molar-refractivity contribution in [1.29, 1.82) is 0 Å². The molecule has 28 heavy (non-hydrogen) atoms. The number of ether oxygens (including phenoxy) is 1. The third kappa shape index (κ3) is 3.70. The standard InChI is InChI=1S/C18H21N5O3S2/c1-18(19-2)6-8-23(9-7-18)15-5-10-26-16-11-13(3-4-14(15)16)28(24,25)22-17-20-12-21-27-17/h3-4,11-12,15H,5-10H2,1H3,(H,20,21,22)/t15-/m0/s1. The average molecular weight is 420 g/mol. The molecule has 0 spiro atoms. The Hall–Kier alpha value is -2.22. The topological polar surface area (TPSA) is 88.8 Å². The van der Waals surface area contributed by atoms with Gasteiger partial charge < -0.3 is 9.58 Å². The molecule has 0 unspecified atom stereocenters. The first-order chi connectivity index (χ1) is 13.4. The molecule has 2 aliphatic rings. The monoisotopic (exact) mass is 419 g/mol. The number of fused-ring (bicyclic) bond motifs is 1. The predicted molar refractivity (Wildman–Crippen MR) is 106 cm³/mol. The van der Waals surface area contributed by atoms with Gasteiger partial charge in [-0.2, -0.15) is 4.37 Å². The maximum Gasteiger partial charge on any atom is 0.263 e. The Morgan fingerprint density at radius 2 is 2.18 bits per heavy atom. The highest BCUT2D eigenvalue weighted by molar-refractivity contribution is 7.93. The second-order valence-electron chi connectivity index (χ2n) is 7.35. The Bertz CT molecular complexity index is 993. The molecule has 2 aliphatic heterocycles. The van der Waals surface area contributed by atoms with Crippen LogP contribution in [0.5, 0.6) is 5.75 Å². The van der Waals surface area contributed by atoms with Gasteiger partial charge in [-0.25, -0.2) is 20.0 Å². The van der Waals surface area contributed by atoms with Gasteiger partial charge in [-0.05, 0) is 6.07 Å². The molecule has 3 heterocycles. The highest BCUT2D eigenvalue weighted by Gasteiger charge is 2.39. The Balaban J connectivity index is 1.56. The van der Waals surface area contributed by atoms with E-state index in [1.165, 1.54) is 6.33 Å². The van der Waals surface area contributed by atoms with Crippen LogP contribution in [0.15, 0.2) is 29.4 Å². The van der Waals surface area contributed by atoms with Crippen molar-refractivity contribution in [2.24, 2.45) is 0 Å². The number of hydrogen-bond donors (Lipinski definition) is 1. The smallest absolute Gasteiger partial charge is 0.263 e. The maximum atomic E-state index is 12.6. The molecule has 10 heteroatoms. The van der Waals surface area contributed by atoms with Crippen LogP contribution in [0.2, 0.25) is 0 Å². The van der Waals surface area contributed by atoms with E-state index >= 15 is 0 Å². The van der Waals surface area contributed by atoms with Crippen molar-refractivity contribution in [3.05, 3.63) is 41.5 Å². The summed E-state index contributed by atoms with van der Waals surface area (Å²) >= 11 is 0.984. The second-order valence-corrected chi connectivity index (χ2v) is 9.81. The predicted octanol–water partition coefficient (Wildman–Crippen LogP) is 2.94. The molecule has 0 amide bonds. The number of likely N-dealkylation sites (tertiary alicyclic amines) is 1. The van der Waals surface area contributed by atoms with Crippen LogP contribution in [0.25, 0.3) is 4.85 Å². The van der Waals surface area contributed by atoms with Crippen LogP contribution in [0.3, 0.4) is 0 Å². The average Bonchev–Trinajstić information content (AvgIpc) is 3.20. The van der Waals surface area contributed by atoms with E-state index in [9.17, 15) is 8.42 Å². The lowest BCUT2D eigenvalue weighted by Crippen LogP contribution is -2.43. The quantitative estimate of drug-likeness (QED) is 0.767. The van der Waals surface area contributed by atoms with Crippen LogP contribution in [-0.2, 0) is 10.0 Å². The number of sulfonamides is 1. The molecule has 4 rings (SSSR count).